The van der Waals surface area contributed by atoms with Crippen molar-refractivity contribution in [3.8, 4) is 0 Å². The minimum absolute atomic E-state index is 0.383. The highest BCUT2D eigenvalue weighted by atomic mass is 16.7. The number of benzene rings is 1. The van der Waals surface area contributed by atoms with Crippen molar-refractivity contribution in [3.05, 3.63) is 47.1 Å². The number of nitrogens with two attached hydrogens (primary N) is 1. The molecule has 0 aliphatic carbocycles. The smallest absolute Gasteiger partial charge is 0.402 e. The standard InChI is InChI=1S/C17H25BN2O2/c1-13(19)15(12-20-11-14-9-7-6-8-10-14)18-21-16(2,3)17(4,5)22-18/h6-10,12H,11,19H2,1-5H3. The molecule has 1 aromatic carbocycles. The largest absolute Gasteiger partial charge is 0.498 e. The SMILES string of the molecule is CC(N)=C(C=NCc1ccccc1)B1OC(C)(C)C(C)(C)O1. The van der Waals surface area contributed by atoms with Gasteiger partial charge >= 0.3 is 7.12 Å². The highest BCUT2D eigenvalue weighted by molar-refractivity contribution is 6.60. The minimum Gasteiger partial charge on any atom is -0.402 e. The van der Waals surface area contributed by atoms with Gasteiger partial charge in [0, 0.05) is 17.4 Å². The van der Waals surface area contributed by atoms with Crippen molar-refractivity contribution in [1.82, 2.24) is 0 Å². The van der Waals surface area contributed by atoms with E-state index in [9.17, 15) is 0 Å². The summed E-state index contributed by atoms with van der Waals surface area (Å²) in [6, 6.07) is 10.1. The molecule has 0 spiro atoms. The van der Waals surface area contributed by atoms with Crippen LogP contribution in [0.2, 0.25) is 0 Å². The fourth-order valence-electron chi connectivity index (χ4n) is 2.15. The number of aliphatic imine (C=N–C) groups is 1. The van der Waals surface area contributed by atoms with Crippen LogP contribution in [0.4, 0.5) is 0 Å². The fourth-order valence-corrected chi connectivity index (χ4v) is 2.15. The van der Waals surface area contributed by atoms with E-state index >= 15 is 0 Å². The van der Waals surface area contributed by atoms with E-state index in [0.29, 0.717) is 12.2 Å². The van der Waals surface area contributed by atoms with E-state index in [4.69, 9.17) is 15.0 Å². The van der Waals surface area contributed by atoms with E-state index in [-0.39, 0.29) is 11.2 Å². The quantitative estimate of drug-likeness (QED) is 0.686. The van der Waals surface area contributed by atoms with Crippen molar-refractivity contribution < 1.29 is 9.31 Å². The summed E-state index contributed by atoms with van der Waals surface area (Å²) in [6.07, 6.45) is 1.77. The first-order valence-corrected chi connectivity index (χ1v) is 7.58. The predicted molar refractivity (Wildman–Crippen MR) is 91.6 cm³/mol. The van der Waals surface area contributed by atoms with Crippen molar-refractivity contribution in [2.24, 2.45) is 10.7 Å². The summed E-state index contributed by atoms with van der Waals surface area (Å²) < 4.78 is 12.1. The van der Waals surface area contributed by atoms with E-state index < -0.39 is 7.12 Å². The molecule has 1 saturated heterocycles. The molecule has 0 aromatic heterocycles. The fraction of sp³-hybridized carbons (Fsp3) is 0.471. The summed E-state index contributed by atoms with van der Waals surface area (Å²) in [5.74, 6) is 0. The Morgan fingerprint density at radius 1 is 1.14 bits per heavy atom. The summed E-state index contributed by atoms with van der Waals surface area (Å²) in [5.41, 5.74) is 7.84. The second-order valence-electron chi connectivity index (χ2n) is 6.68. The first kappa shape index (κ1) is 16.8. The molecule has 4 nitrogen and oxygen atoms in total. The Morgan fingerprint density at radius 3 is 2.18 bits per heavy atom. The molecule has 2 N–H and O–H groups in total. The lowest BCUT2D eigenvalue weighted by molar-refractivity contribution is 0.00578. The number of nitrogens with zero attached hydrogens (tertiary/aromatic N) is 1. The van der Waals surface area contributed by atoms with Crippen LogP contribution in [0.1, 0.15) is 40.2 Å². The summed E-state index contributed by atoms with van der Waals surface area (Å²) in [4.78, 5) is 4.48. The molecule has 1 heterocycles. The van der Waals surface area contributed by atoms with Gasteiger partial charge in [-0.05, 0) is 40.2 Å². The van der Waals surface area contributed by atoms with Crippen LogP contribution in [0.3, 0.4) is 0 Å². The first-order chi connectivity index (χ1) is 10.2. The summed E-state index contributed by atoms with van der Waals surface area (Å²) in [6.45, 7) is 10.6. The molecule has 0 unspecified atom stereocenters. The highest BCUT2D eigenvalue weighted by Gasteiger charge is 2.52. The van der Waals surface area contributed by atoms with Gasteiger partial charge in [-0.1, -0.05) is 30.3 Å². The van der Waals surface area contributed by atoms with Gasteiger partial charge in [-0.25, -0.2) is 0 Å². The van der Waals surface area contributed by atoms with E-state index in [2.05, 4.69) is 4.99 Å². The molecular formula is C17H25BN2O2. The maximum atomic E-state index is 6.04. The highest BCUT2D eigenvalue weighted by Crippen LogP contribution is 2.38. The predicted octanol–water partition coefficient (Wildman–Crippen LogP) is 3.12. The molecule has 1 aromatic rings. The second-order valence-corrected chi connectivity index (χ2v) is 6.68. The van der Waals surface area contributed by atoms with Crippen molar-refractivity contribution in [1.29, 1.82) is 0 Å². The van der Waals surface area contributed by atoms with Crippen molar-refractivity contribution >= 4 is 13.3 Å². The van der Waals surface area contributed by atoms with Crippen LogP contribution >= 0.6 is 0 Å². The van der Waals surface area contributed by atoms with Gasteiger partial charge in [0.15, 0.2) is 0 Å². The number of hydrogen-bond donors (Lipinski definition) is 1. The molecule has 2 rings (SSSR count). The average Bonchev–Trinajstić information content (AvgIpc) is 2.64. The molecule has 22 heavy (non-hydrogen) atoms. The van der Waals surface area contributed by atoms with Crippen molar-refractivity contribution in [3.63, 3.8) is 0 Å². The maximum Gasteiger partial charge on any atom is 0.498 e. The third-order valence-electron chi connectivity index (χ3n) is 4.31. The molecule has 1 fully saturated rings. The lowest BCUT2D eigenvalue weighted by atomic mass is 9.77. The van der Waals surface area contributed by atoms with Gasteiger partial charge in [0.1, 0.15) is 0 Å². The Hall–Kier alpha value is -1.59. The van der Waals surface area contributed by atoms with Gasteiger partial charge in [-0.3, -0.25) is 4.99 Å². The zero-order chi connectivity index (χ0) is 16.4. The van der Waals surface area contributed by atoms with Crippen LogP contribution in [-0.4, -0.2) is 24.5 Å². The minimum atomic E-state index is -0.477. The number of rotatable bonds is 4. The topological polar surface area (TPSA) is 56.8 Å². The zero-order valence-electron chi connectivity index (χ0n) is 14.1. The molecule has 0 bridgehead atoms. The van der Waals surface area contributed by atoms with Crippen LogP contribution < -0.4 is 5.73 Å². The number of hydrogen-bond acceptors (Lipinski definition) is 4. The Bertz CT molecular complexity index is 560. The Labute approximate surface area is 133 Å². The maximum absolute atomic E-state index is 6.04. The lowest BCUT2D eigenvalue weighted by Gasteiger charge is -2.32. The van der Waals surface area contributed by atoms with Gasteiger partial charge in [0.25, 0.3) is 0 Å². The molecule has 0 amide bonds. The second kappa shape index (κ2) is 6.27. The first-order valence-electron chi connectivity index (χ1n) is 7.58. The average molecular weight is 300 g/mol. The van der Waals surface area contributed by atoms with Gasteiger partial charge in [0.2, 0.25) is 0 Å². The van der Waals surface area contributed by atoms with Crippen LogP contribution in [0.5, 0.6) is 0 Å². The molecule has 0 saturated carbocycles. The molecule has 118 valence electrons. The van der Waals surface area contributed by atoms with Crippen LogP contribution in [0, 0.1) is 0 Å². The molecule has 0 radical (unpaired) electrons. The van der Waals surface area contributed by atoms with Gasteiger partial charge < -0.3 is 15.0 Å². The Morgan fingerprint density at radius 2 is 1.68 bits per heavy atom. The van der Waals surface area contributed by atoms with E-state index in [1.165, 1.54) is 0 Å². The third kappa shape index (κ3) is 3.59. The van der Waals surface area contributed by atoms with Gasteiger partial charge in [-0.2, -0.15) is 0 Å². The van der Waals surface area contributed by atoms with Crippen LogP contribution in [0.25, 0.3) is 0 Å². The lowest BCUT2D eigenvalue weighted by Crippen LogP contribution is -2.41. The van der Waals surface area contributed by atoms with E-state index in [1.807, 2.05) is 65.0 Å². The molecule has 1 aliphatic rings. The Kier molecular flexibility index (Phi) is 4.78. The summed E-state index contributed by atoms with van der Waals surface area (Å²) in [7, 11) is -0.477. The molecule has 5 heteroatoms. The van der Waals surface area contributed by atoms with Gasteiger partial charge in [-0.15, -0.1) is 0 Å². The number of allylic oxidation sites excluding steroid dienone is 2. The van der Waals surface area contributed by atoms with Crippen molar-refractivity contribution in [2.45, 2.75) is 52.4 Å². The van der Waals surface area contributed by atoms with E-state index in [0.717, 1.165) is 11.0 Å². The monoisotopic (exact) mass is 300 g/mol. The van der Waals surface area contributed by atoms with E-state index in [1.54, 1.807) is 6.21 Å². The van der Waals surface area contributed by atoms with Crippen LogP contribution in [-0.2, 0) is 15.9 Å². The molecule has 0 atom stereocenters. The normalized spacial score (nSPS) is 21.2. The van der Waals surface area contributed by atoms with Crippen LogP contribution in [0.15, 0.2) is 46.5 Å². The van der Waals surface area contributed by atoms with Gasteiger partial charge in [0.05, 0.1) is 17.7 Å². The molecule has 1 aliphatic heterocycles. The summed E-state index contributed by atoms with van der Waals surface area (Å²) >= 11 is 0. The van der Waals surface area contributed by atoms with Crippen molar-refractivity contribution in [2.75, 3.05) is 0 Å². The third-order valence-corrected chi connectivity index (χ3v) is 4.31. The zero-order valence-corrected chi connectivity index (χ0v) is 14.1. The Balaban J connectivity index is 2.11. The summed E-state index contributed by atoms with van der Waals surface area (Å²) in [5, 5.41) is 0. The molecular weight excluding hydrogens is 275 g/mol.